The molecule has 0 amide bonds. The Labute approximate surface area is 153 Å². The highest BCUT2D eigenvalue weighted by molar-refractivity contribution is 6.33. The molecule has 0 atom stereocenters. The van der Waals surface area contributed by atoms with Crippen LogP contribution in [0.4, 0.5) is 4.39 Å². The van der Waals surface area contributed by atoms with Crippen LogP contribution in [0.1, 0.15) is 41.7 Å². The molecule has 3 rings (SSSR count). The van der Waals surface area contributed by atoms with Gasteiger partial charge in [0.25, 0.3) is 5.56 Å². The third-order valence-corrected chi connectivity index (χ3v) is 4.95. The van der Waals surface area contributed by atoms with Crippen LogP contribution in [0.2, 0.25) is 5.02 Å². The van der Waals surface area contributed by atoms with Crippen LogP contribution in [-0.4, -0.2) is 21.2 Å². The molecule has 1 aromatic carbocycles. The maximum absolute atomic E-state index is 14.4. The molecule has 2 aromatic rings. The van der Waals surface area contributed by atoms with Crippen molar-refractivity contribution < 1.29 is 13.9 Å². The van der Waals surface area contributed by atoms with Crippen molar-refractivity contribution in [2.75, 3.05) is 0 Å². The molecule has 0 aliphatic heterocycles. The Morgan fingerprint density at radius 2 is 1.88 bits per heavy atom. The van der Waals surface area contributed by atoms with Crippen molar-refractivity contribution in [1.29, 1.82) is 0 Å². The summed E-state index contributed by atoms with van der Waals surface area (Å²) < 4.78 is 21.7. The molecule has 0 bridgehead atoms. The zero-order valence-corrected chi connectivity index (χ0v) is 15.2. The van der Waals surface area contributed by atoms with Gasteiger partial charge in [0.1, 0.15) is 11.9 Å². The molecule has 1 heterocycles. The van der Waals surface area contributed by atoms with Gasteiger partial charge in [0.15, 0.2) is 0 Å². The first-order chi connectivity index (χ1) is 12.3. The van der Waals surface area contributed by atoms with Crippen molar-refractivity contribution in [1.82, 2.24) is 9.13 Å². The molecular weight excluding hydrogens is 363 g/mol. The van der Waals surface area contributed by atoms with E-state index in [1.807, 2.05) is 0 Å². The second-order valence-corrected chi connectivity index (χ2v) is 6.80. The Balaban J connectivity index is 2.10. The number of carbonyl (C=O) groups is 1. The van der Waals surface area contributed by atoms with E-state index in [2.05, 4.69) is 0 Å². The van der Waals surface area contributed by atoms with E-state index >= 15 is 0 Å². The van der Waals surface area contributed by atoms with Crippen molar-refractivity contribution in [3.8, 4) is 5.69 Å². The van der Waals surface area contributed by atoms with Gasteiger partial charge in [0, 0.05) is 18.8 Å². The first kappa shape index (κ1) is 18.4. The smallest absolute Gasteiger partial charge is 0.340 e. The Kier molecular flexibility index (Phi) is 5.00. The van der Waals surface area contributed by atoms with Crippen molar-refractivity contribution >= 4 is 17.6 Å². The van der Waals surface area contributed by atoms with E-state index in [1.54, 1.807) is 6.92 Å². The highest BCUT2D eigenvalue weighted by atomic mass is 35.5. The van der Waals surface area contributed by atoms with Gasteiger partial charge < -0.3 is 9.30 Å². The number of aromatic nitrogens is 2. The summed E-state index contributed by atoms with van der Waals surface area (Å²) in [6.07, 6.45) is 3.32. The van der Waals surface area contributed by atoms with E-state index in [1.165, 1.54) is 17.7 Å². The van der Waals surface area contributed by atoms with E-state index in [9.17, 15) is 18.8 Å². The summed E-state index contributed by atoms with van der Waals surface area (Å²) in [5.41, 5.74) is -1.39. The molecule has 1 aliphatic carbocycles. The van der Waals surface area contributed by atoms with Gasteiger partial charge in [-0.1, -0.05) is 11.6 Å². The van der Waals surface area contributed by atoms with Gasteiger partial charge in [0.2, 0.25) is 0 Å². The summed E-state index contributed by atoms with van der Waals surface area (Å²) >= 11 is 5.99. The summed E-state index contributed by atoms with van der Waals surface area (Å²) in [6.45, 7) is 1.59. The van der Waals surface area contributed by atoms with Gasteiger partial charge in [0.05, 0.1) is 16.3 Å². The molecule has 0 N–H and O–H groups in total. The van der Waals surface area contributed by atoms with Crippen LogP contribution < -0.4 is 11.2 Å². The number of esters is 1. The summed E-state index contributed by atoms with van der Waals surface area (Å²) in [6, 6.07) is 3.22. The number of aryl methyl sites for hydroxylation is 1. The predicted octanol–water partition coefficient (Wildman–Crippen LogP) is 2.74. The van der Waals surface area contributed by atoms with Gasteiger partial charge >= 0.3 is 11.7 Å². The Hall–Kier alpha value is -2.41. The number of halogens is 2. The second kappa shape index (κ2) is 7.07. The molecule has 0 radical (unpaired) electrons. The zero-order chi connectivity index (χ0) is 19.0. The first-order valence-corrected chi connectivity index (χ1v) is 8.67. The number of benzene rings is 1. The van der Waals surface area contributed by atoms with Crippen LogP contribution >= 0.6 is 11.6 Å². The van der Waals surface area contributed by atoms with Gasteiger partial charge in [-0.3, -0.25) is 4.79 Å². The molecule has 8 heteroatoms. The normalized spacial score (nSPS) is 14.6. The van der Waals surface area contributed by atoms with Crippen molar-refractivity contribution in [3.63, 3.8) is 0 Å². The monoisotopic (exact) mass is 380 g/mol. The zero-order valence-electron chi connectivity index (χ0n) is 14.4. The van der Waals surface area contributed by atoms with Crippen molar-refractivity contribution in [3.05, 3.63) is 61.1 Å². The third kappa shape index (κ3) is 3.31. The molecule has 6 nitrogen and oxygen atoms in total. The van der Waals surface area contributed by atoms with Gasteiger partial charge in [-0.15, -0.1) is 0 Å². The summed E-state index contributed by atoms with van der Waals surface area (Å²) in [4.78, 5) is 37.1. The van der Waals surface area contributed by atoms with Crippen LogP contribution in [0, 0.1) is 12.7 Å². The molecule has 1 saturated carbocycles. The number of hydrogen-bond acceptors (Lipinski definition) is 4. The van der Waals surface area contributed by atoms with Crippen LogP contribution in [-0.2, 0) is 11.8 Å². The van der Waals surface area contributed by atoms with Crippen LogP contribution in [0.25, 0.3) is 5.69 Å². The molecule has 1 aromatic heterocycles. The minimum absolute atomic E-state index is 0.0792. The Bertz CT molecular complexity index is 990. The van der Waals surface area contributed by atoms with E-state index < -0.39 is 23.0 Å². The number of rotatable bonds is 3. The van der Waals surface area contributed by atoms with Crippen molar-refractivity contribution in [2.45, 2.75) is 38.7 Å². The number of nitrogens with zero attached hydrogens (tertiary/aromatic N) is 2. The van der Waals surface area contributed by atoms with Crippen LogP contribution in [0.3, 0.4) is 0 Å². The van der Waals surface area contributed by atoms with Gasteiger partial charge in [-0.05, 0) is 44.7 Å². The fourth-order valence-electron chi connectivity index (χ4n) is 3.04. The van der Waals surface area contributed by atoms with E-state index in [-0.39, 0.29) is 22.4 Å². The minimum Gasteiger partial charge on any atom is -0.459 e. The largest absolute Gasteiger partial charge is 0.459 e. The highest BCUT2D eigenvalue weighted by Gasteiger charge is 2.24. The average molecular weight is 381 g/mol. The molecule has 26 heavy (non-hydrogen) atoms. The maximum atomic E-state index is 14.4. The first-order valence-electron chi connectivity index (χ1n) is 8.29. The van der Waals surface area contributed by atoms with Crippen LogP contribution in [0.15, 0.2) is 27.8 Å². The minimum atomic E-state index is -0.879. The van der Waals surface area contributed by atoms with Gasteiger partial charge in [-0.25, -0.2) is 18.5 Å². The third-order valence-electron chi connectivity index (χ3n) is 4.63. The average Bonchev–Trinajstić information content (AvgIpc) is 3.07. The SMILES string of the molecule is Cc1cc(=O)n(-c2cc(C(=O)OC3CCCC3)c(Cl)cc2F)c(=O)n1C. The molecule has 0 saturated heterocycles. The summed E-state index contributed by atoms with van der Waals surface area (Å²) in [5.74, 6) is -1.57. The molecule has 0 unspecified atom stereocenters. The lowest BCUT2D eigenvalue weighted by molar-refractivity contribution is 0.0318. The standard InChI is InChI=1S/C18H18ClFN2O4/c1-10-7-16(23)22(18(25)21(10)2)15-8-12(13(19)9-14(15)20)17(24)26-11-5-3-4-6-11/h7-9,11H,3-6H2,1-2H3. The fraction of sp³-hybridized carbons (Fsp3) is 0.389. The predicted molar refractivity (Wildman–Crippen MR) is 94.7 cm³/mol. The maximum Gasteiger partial charge on any atom is 0.340 e. The summed E-state index contributed by atoms with van der Waals surface area (Å²) in [5, 5.41) is -0.133. The molecule has 0 spiro atoms. The highest BCUT2D eigenvalue weighted by Crippen LogP contribution is 2.26. The van der Waals surface area contributed by atoms with E-state index in [0.29, 0.717) is 10.3 Å². The quantitative estimate of drug-likeness (QED) is 0.768. The number of carbonyl (C=O) groups excluding carboxylic acids is 1. The molecule has 1 fully saturated rings. The lowest BCUT2D eigenvalue weighted by Crippen LogP contribution is -2.38. The number of ether oxygens (including phenoxy) is 1. The second-order valence-electron chi connectivity index (χ2n) is 6.40. The fourth-order valence-corrected chi connectivity index (χ4v) is 3.27. The van der Waals surface area contributed by atoms with Crippen LogP contribution in [0.5, 0.6) is 0 Å². The van der Waals surface area contributed by atoms with Gasteiger partial charge in [-0.2, -0.15) is 0 Å². The molecule has 1 aliphatic rings. The lowest BCUT2D eigenvalue weighted by Gasteiger charge is -2.14. The van der Waals surface area contributed by atoms with E-state index in [4.69, 9.17) is 16.3 Å². The molecule has 138 valence electrons. The topological polar surface area (TPSA) is 70.3 Å². The number of hydrogen-bond donors (Lipinski definition) is 0. The summed E-state index contributed by atoms with van der Waals surface area (Å²) in [7, 11) is 1.47. The molecular formula is C18H18ClFN2O4. The lowest BCUT2D eigenvalue weighted by atomic mass is 10.1. The Morgan fingerprint density at radius 1 is 1.23 bits per heavy atom. The Morgan fingerprint density at radius 3 is 2.54 bits per heavy atom. The van der Waals surface area contributed by atoms with E-state index in [0.717, 1.165) is 37.8 Å². The van der Waals surface area contributed by atoms with Crippen molar-refractivity contribution in [2.24, 2.45) is 7.05 Å².